The number of carboxylic acid groups (broad SMARTS) is 1. The molecule has 1 aliphatic heterocycles. The van der Waals surface area contributed by atoms with Gasteiger partial charge in [-0.25, -0.2) is 9.10 Å². The predicted octanol–water partition coefficient (Wildman–Crippen LogP) is -1.22. The Hall–Kier alpha value is -1.88. The molecule has 0 bridgehead atoms. The van der Waals surface area contributed by atoms with Gasteiger partial charge in [-0.2, -0.15) is 8.42 Å². The van der Waals surface area contributed by atoms with Crippen molar-refractivity contribution in [2.75, 3.05) is 13.2 Å². The standard InChI is InChI=1S/C6H8N4O7S/c7-9-8-5-3(1-17-2-4(11)12)10(6(5)13)18(14,15)16/h3,5H,1-2H2,(H,11,12)(H,14,15,16)/t3-,5+/m0/s1. The molecule has 0 unspecified atom stereocenters. The van der Waals surface area contributed by atoms with E-state index in [1.165, 1.54) is 0 Å². The van der Waals surface area contributed by atoms with Crippen LogP contribution in [0.2, 0.25) is 0 Å². The van der Waals surface area contributed by atoms with Crippen molar-refractivity contribution in [2.45, 2.75) is 12.1 Å². The highest BCUT2D eigenvalue weighted by Crippen LogP contribution is 2.26. The number of carboxylic acids is 1. The molecule has 1 aliphatic rings. The number of azide groups is 1. The monoisotopic (exact) mass is 280 g/mol. The van der Waals surface area contributed by atoms with Crippen LogP contribution in [0.25, 0.3) is 10.4 Å². The minimum atomic E-state index is -4.79. The molecule has 0 aromatic carbocycles. The van der Waals surface area contributed by atoms with E-state index >= 15 is 0 Å². The van der Waals surface area contributed by atoms with E-state index in [2.05, 4.69) is 14.8 Å². The second-order valence-corrected chi connectivity index (χ2v) is 4.53. The van der Waals surface area contributed by atoms with E-state index in [-0.39, 0.29) is 4.31 Å². The molecular weight excluding hydrogens is 272 g/mol. The lowest BCUT2D eigenvalue weighted by molar-refractivity contribution is -0.147. The SMILES string of the molecule is [N-]=[N+]=N[C@H]1C(=O)N(S(=O)(=O)O)[C@H]1COCC(=O)O. The Balaban J connectivity index is 2.77. The van der Waals surface area contributed by atoms with Gasteiger partial charge in [-0.05, 0) is 5.53 Å². The Morgan fingerprint density at radius 1 is 1.61 bits per heavy atom. The van der Waals surface area contributed by atoms with Crippen molar-refractivity contribution in [3.8, 4) is 0 Å². The first-order chi connectivity index (χ1) is 8.29. The molecule has 18 heavy (non-hydrogen) atoms. The first-order valence-corrected chi connectivity index (χ1v) is 5.83. The molecule has 1 amide bonds. The van der Waals surface area contributed by atoms with Gasteiger partial charge in [0.25, 0.3) is 0 Å². The minimum Gasteiger partial charge on any atom is -0.480 e. The van der Waals surface area contributed by atoms with Gasteiger partial charge >= 0.3 is 16.3 Å². The summed E-state index contributed by atoms with van der Waals surface area (Å²) in [5, 5.41) is 11.3. The van der Waals surface area contributed by atoms with Gasteiger partial charge in [0.15, 0.2) is 0 Å². The van der Waals surface area contributed by atoms with Gasteiger partial charge in [0.1, 0.15) is 12.6 Å². The van der Waals surface area contributed by atoms with Crippen LogP contribution in [-0.4, -0.2) is 59.6 Å². The Morgan fingerprint density at radius 3 is 2.67 bits per heavy atom. The first-order valence-electron chi connectivity index (χ1n) is 4.43. The van der Waals surface area contributed by atoms with E-state index in [0.717, 1.165) is 0 Å². The fraction of sp³-hybridized carbons (Fsp3) is 0.667. The molecule has 1 fully saturated rings. The highest BCUT2D eigenvalue weighted by molar-refractivity contribution is 7.84. The van der Waals surface area contributed by atoms with Crippen LogP contribution in [0.4, 0.5) is 0 Å². The van der Waals surface area contributed by atoms with Crippen LogP contribution in [0.1, 0.15) is 0 Å². The van der Waals surface area contributed by atoms with Crippen LogP contribution < -0.4 is 0 Å². The smallest absolute Gasteiger partial charge is 0.362 e. The van der Waals surface area contributed by atoms with Gasteiger partial charge in [-0.3, -0.25) is 9.35 Å². The molecule has 1 saturated heterocycles. The molecule has 0 spiro atoms. The molecule has 12 heteroatoms. The lowest BCUT2D eigenvalue weighted by Crippen LogP contribution is -2.67. The molecule has 11 nitrogen and oxygen atoms in total. The summed E-state index contributed by atoms with van der Waals surface area (Å²) >= 11 is 0. The van der Waals surface area contributed by atoms with Crippen molar-refractivity contribution >= 4 is 22.2 Å². The zero-order valence-corrected chi connectivity index (χ0v) is 9.52. The van der Waals surface area contributed by atoms with E-state index < -0.39 is 47.5 Å². The number of amides is 1. The molecule has 0 aromatic heterocycles. The summed E-state index contributed by atoms with van der Waals surface area (Å²) in [6.07, 6.45) is 0. The molecule has 1 rings (SSSR count). The van der Waals surface area contributed by atoms with Gasteiger partial charge in [-0.1, -0.05) is 5.11 Å². The zero-order valence-electron chi connectivity index (χ0n) is 8.70. The van der Waals surface area contributed by atoms with Crippen LogP contribution in [0.15, 0.2) is 5.11 Å². The van der Waals surface area contributed by atoms with Gasteiger partial charge in [0, 0.05) is 4.91 Å². The summed E-state index contributed by atoms with van der Waals surface area (Å²) < 4.78 is 35.1. The topological polar surface area (TPSA) is 170 Å². The van der Waals surface area contributed by atoms with Crippen LogP contribution in [0.3, 0.4) is 0 Å². The summed E-state index contributed by atoms with van der Waals surface area (Å²) in [6.45, 7) is -1.21. The lowest BCUT2D eigenvalue weighted by atomic mass is 10.0. The predicted molar refractivity (Wildman–Crippen MR) is 53.6 cm³/mol. The molecule has 1 heterocycles. The van der Waals surface area contributed by atoms with Crippen molar-refractivity contribution in [2.24, 2.45) is 5.11 Å². The maximum atomic E-state index is 11.3. The molecule has 0 saturated carbocycles. The van der Waals surface area contributed by atoms with Gasteiger partial charge in [0.05, 0.1) is 12.6 Å². The van der Waals surface area contributed by atoms with Crippen molar-refractivity contribution in [1.29, 1.82) is 0 Å². The zero-order chi connectivity index (χ0) is 13.9. The van der Waals surface area contributed by atoms with Crippen molar-refractivity contribution in [3.63, 3.8) is 0 Å². The van der Waals surface area contributed by atoms with E-state index in [0.29, 0.717) is 0 Å². The van der Waals surface area contributed by atoms with Crippen LogP contribution in [-0.2, 0) is 24.6 Å². The van der Waals surface area contributed by atoms with Gasteiger partial charge in [0.2, 0.25) is 5.91 Å². The quantitative estimate of drug-likeness (QED) is 0.202. The second kappa shape index (κ2) is 5.18. The largest absolute Gasteiger partial charge is 0.480 e. The normalized spacial score (nSPS) is 23.2. The Bertz CT molecular complexity index is 510. The van der Waals surface area contributed by atoms with Gasteiger partial charge < -0.3 is 9.84 Å². The fourth-order valence-electron chi connectivity index (χ4n) is 1.40. The third-order valence-corrected chi connectivity index (χ3v) is 3.02. The minimum absolute atomic E-state index is 0.0776. The average Bonchev–Trinajstić information content (AvgIpc) is 2.22. The maximum absolute atomic E-state index is 11.3. The van der Waals surface area contributed by atoms with Crippen LogP contribution in [0, 0.1) is 0 Å². The Labute approximate surface area is 100 Å². The summed E-state index contributed by atoms with van der Waals surface area (Å²) in [5.74, 6) is -2.39. The van der Waals surface area contributed by atoms with E-state index in [4.69, 9.17) is 15.2 Å². The highest BCUT2D eigenvalue weighted by atomic mass is 32.2. The van der Waals surface area contributed by atoms with Crippen LogP contribution in [0.5, 0.6) is 0 Å². The number of aliphatic carboxylic acids is 1. The third-order valence-electron chi connectivity index (χ3n) is 2.07. The summed E-state index contributed by atoms with van der Waals surface area (Å²) in [5.41, 5.74) is 8.18. The second-order valence-electron chi connectivity index (χ2n) is 3.24. The molecule has 0 aromatic rings. The van der Waals surface area contributed by atoms with Crippen LogP contribution >= 0.6 is 0 Å². The van der Waals surface area contributed by atoms with Gasteiger partial charge in [-0.15, -0.1) is 0 Å². The molecule has 0 radical (unpaired) electrons. The van der Waals surface area contributed by atoms with Crippen molar-refractivity contribution in [1.82, 2.24) is 4.31 Å². The number of carbonyl (C=O) groups is 2. The average molecular weight is 280 g/mol. The number of hydrogen-bond acceptors (Lipinski definition) is 6. The summed E-state index contributed by atoms with van der Waals surface area (Å²) in [4.78, 5) is 23.8. The molecule has 2 atom stereocenters. The van der Waals surface area contributed by atoms with E-state index in [1.54, 1.807) is 0 Å². The third kappa shape index (κ3) is 2.87. The number of nitrogens with zero attached hydrogens (tertiary/aromatic N) is 4. The van der Waals surface area contributed by atoms with E-state index in [9.17, 15) is 18.0 Å². The summed E-state index contributed by atoms with van der Waals surface area (Å²) in [6, 6.07) is -2.59. The molecule has 2 N–H and O–H groups in total. The first kappa shape index (κ1) is 14.2. The highest BCUT2D eigenvalue weighted by Gasteiger charge is 2.52. The number of hydrogen-bond donors (Lipinski definition) is 2. The number of β-lactam (4-membered cyclic amide) rings is 1. The van der Waals surface area contributed by atoms with Crippen molar-refractivity contribution < 1.29 is 32.4 Å². The Morgan fingerprint density at radius 2 is 2.22 bits per heavy atom. The number of carbonyl (C=O) groups excluding carboxylic acids is 1. The Kier molecular flexibility index (Phi) is 4.08. The fourth-order valence-corrected chi connectivity index (χ4v) is 2.25. The lowest BCUT2D eigenvalue weighted by Gasteiger charge is -2.41. The maximum Gasteiger partial charge on any atom is 0.362 e. The molecular formula is C6H8N4O7S. The van der Waals surface area contributed by atoms with E-state index in [1.807, 2.05) is 0 Å². The number of ether oxygens (including phenoxy) is 1. The molecule has 0 aliphatic carbocycles. The summed E-state index contributed by atoms with van der Waals surface area (Å²) in [7, 11) is -4.79. The van der Waals surface area contributed by atoms with Crippen molar-refractivity contribution in [3.05, 3.63) is 10.4 Å². The number of rotatable bonds is 6. The molecule has 100 valence electrons.